The van der Waals surface area contributed by atoms with E-state index in [9.17, 15) is 9.59 Å². The van der Waals surface area contributed by atoms with Gasteiger partial charge in [-0.3, -0.25) is 14.2 Å². The van der Waals surface area contributed by atoms with Crippen LogP contribution in [0.25, 0.3) is 23.0 Å². The monoisotopic (exact) mass is 768 g/mol. The lowest BCUT2D eigenvalue weighted by molar-refractivity contribution is 0.0691. The molecule has 20 heteroatoms. The Morgan fingerprint density at radius 3 is 1.80 bits per heavy atom. The minimum atomic E-state index is -1.87. The number of nitrogens with zero attached hydrogens (tertiary/aromatic N) is 12. The maximum Gasteiger partial charge on any atom is 0.339 e. The minimum absolute atomic E-state index is 0.194. The van der Waals surface area contributed by atoms with Gasteiger partial charge in [0.25, 0.3) is 5.91 Å². The Balaban J connectivity index is 0.000000237. The smallest absolute Gasteiger partial charge is 0.339 e. The Bertz CT molecular complexity index is 2180. The van der Waals surface area contributed by atoms with E-state index in [0.717, 1.165) is 11.5 Å². The third kappa shape index (κ3) is 11.0. The van der Waals surface area contributed by atoms with Gasteiger partial charge in [-0.1, -0.05) is 12.1 Å². The quantitative estimate of drug-likeness (QED) is 0.159. The maximum absolute atomic E-state index is 12.6. The van der Waals surface area contributed by atoms with Gasteiger partial charge in [-0.05, 0) is 52.0 Å². The fourth-order valence-corrected chi connectivity index (χ4v) is 4.92. The van der Waals surface area contributed by atoms with Crippen molar-refractivity contribution in [3.8, 4) is 23.0 Å². The van der Waals surface area contributed by atoms with Gasteiger partial charge in [0.1, 0.15) is 52.6 Å². The van der Waals surface area contributed by atoms with Crippen LogP contribution < -0.4 is 11.1 Å². The predicted molar refractivity (Wildman–Crippen MR) is 206 cm³/mol. The molecule has 0 bridgehead atoms. The number of ether oxygens (including phenoxy) is 2. The average molecular weight is 769 g/mol. The second-order valence-corrected chi connectivity index (χ2v) is 12.1. The summed E-state index contributed by atoms with van der Waals surface area (Å²) in [5, 5.41) is 35.7. The summed E-state index contributed by atoms with van der Waals surface area (Å²) in [4.78, 5) is 31.9. The van der Waals surface area contributed by atoms with Crippen LogP contribution in [0.1, 0.15) is 71.9 Å². The molecule has 0 radical (unpaired) electrons. The lowest BCUT2D eigenvalue weighted by Crippen LogP contribution is -2.15. The molecule has 4 N–H and O–H groups in total. The third-order valence-corrected chi connectivity index (χ3v) is 7.33. The number of nitrogens with two attached hydrogens (primary N) is 1. The van der Waals surface area contributed by atoms with Gasteiger partial charge in [-0.15, -0.1) is 20.4 Å². The zero-order valence-corrected chi connectivity index (χ0v) is 32.2. The first kappa shape index (κ1) is 37.8. The molecule has 0 aliphatic carbocycles. The van der Waals surface area contributed by atoms with Gasteiger partial charge in [0.2, 0.25) is 0 Å². The first-order valence-corrected chi connectivity index (χ1v) is 16.4. The van der Waals surface area contributed by atoms with Crippen LogP contribution in [-0.2, 0) is 36.8 Å². The van der Waals surface area contributed by atoms with E-state index in [1.807, 2.05) is 47.2 Å². The Morgan fingerprint density at radius 2 is 1.31 bits per heavy atom. The highest BCUT2D eigenvalue weighted by Crippen LogP contribution is 2.21. The van der Waals surface area contributed by atoms with Gasteiger partial charge in [-0.25, -0.2) is 14.8 Å². The van der Waals surface area contributed by atoms with Gasteiger partial charge in [0, 0.05) is 52.8 Å². The number of carboxylic acid groups (broad SMARTS) is 1. The second kappa shape index (κ2) is 19.8. The molecular weight excluding hydrogens is 715 g/mol. The van der Waals surface area contributed by atoms with Gasteiger partial charge in [-0.2, -0.15) is 19.9 Å². The maximum atomic E-state index is 12.6. The molecule has 0 fully saturated rings. The number of aromatic carboxylic acids is 1. The number of anilines is 2. The number of hydrogen-bond acceptors (Lipinski definition) is 13. The summed E-state index contributed by atoms with van der Waals surface area (Å²) in [5.41, 5.74) is 8.68. The number of pyridine rings is 2. The van der Waals surface area contributed by atoms with Crippen molar-refractivity contribution in [3.05, 3.63) is 84.0 Å². The van der Waals surface area contributed by atoms with Crippen LogP contribution in [0.2, 0.25) is 0 Å². The molecule has 0 saturated heterocycles. The fourth-order valence-electron chi connectivity index (χ4n) is 4.92. The van der Waals surface area contributed by atoms with Crippen molar-refractivity contribution in [2.45, 2.75) is 53.0 Å². The number of carbonyl (C=O) groups excluding carboxylic acids is 1. The fraction of sp³-hybridized carbons (Fsp3) is 0.353. The standard InChI is InChI=1S/C17H21N7O2.C10H13N5.C7H10N2O3.H3P/c1-11(2)24-10-18-21-16(24)13-6-5-7-15(19-13)20-17(25)12-8-23(3)22-14(12)9-26-4;1-7(2)15-6-12-14-10(15)8-4-3-5-9(11)13-8;1-9-3-5(7(10)11)6(8-9)4-12-2;/h5-8,10-11H,9H2,1-4H3,(H,19,20,25);3-7H,1-2H3,(H2,11,13);3H,4H2,1-2H3,(H,10,11);1H3/i;;;1T3. The van der Waals surface area contributed by atoms with Crippen molar-refractivity contribution in [2.75, 3.05) is 25.3 Å². The van der Waals surface area contributed by atoms with Crippen molar-refractivity contribution in [1.82, 2.24) is 59.1 Å². The summed E-state index contributed by atoms with van der Waals surface area (Å²) in [5.74, 6) is 1.05. The molecule has 6 heterocycles. The number of aromatic nitrogens is 12. The Morgan fingerprint density at radius 1 is 0.833 bits per heavy atom. The predicted octanol–water partition coefficient (Wildman–Crippen LogP) is 3.88. The van der Waals surface area contributed by atoms with E-state index in [-0.39, 0.29) is 30.7 Å². The van der Waals surface area contributed by atoms with E-state index < -0.39 is 15.7 Å². The SMILES string of the molecule is CC(C)n1cnnc1-c1cccc(N)n1.COCc1nn(C)cc1C(=O)Nc1cccc(-c2nncn2C(C)C)n1.COCc1nn(C)cc1C(=O)O.[3H]P([3H])[3H]. The van der Waals surface area contributed by atoms with Crippen molar-refractivity contribution in [2.24, 2.45) is 14.1 Å². The number of nitrogens with one attached hydrogen (secondary N) is 1. The summed E-state index contributed by atoms with van der Waals surface area (Å²) < 4.78 is 34.8. The molecule has 0 saturated carbocycles. The van der Waals surface area contributed by atoms with E-state index in [1.54, 1.807) is 56.9 Å². The van der Waals surface area contributed by atoms with Gasteiger partial charge in [0.05, 0.1) is 22.6 Å². The average Bonchev–Trinajstić information content (AvgIpc) is 3.96. The van der Waals surface area contributed by atoms with Crippen molar-refractivity contribution in [1.29, 1.82) is 3.84 Å². The van der Waals surface area contributed by atoms with Gasteiger partial charge >= 0.3 is 5.97 Å². The van der Waals surface area contributed by atoms with Crippen LogP contribution in [-0.4, -0.2) is 94.1 Å². The summed E-state index contributed by atoms with van der Waals surface area (Å²) in [6.07, 6.45) is 6.48. The van der Waals surface area contributed by atoms with E-state index in [4.69, 9.17) is 24.1 Å². The number of methoxy groups -OCH3 is 2. The van der Waals surface area contributed by atoms with Crippen LogP contribution in [0.15, 0.2) is 61.4 Å². The minimum Gasteiger partial charge on any atom is -0.478 e. The zero-order chi connectivity index (χ0) is 42.2. The molecular formula is C34H47N14O5P. The third-order valence-electron chi connectivity index (χ3n) is 7.33. The highest BCUT2D eigenvalue weighted by molar-refractivity contribution is 6.92. The van der Waals surface area contributed by atoms with Crippen molar-refractivity contribution < 1.29 is 24.2 Å². The number of rotatable bonds is 11. The summed E-state index contributed by atoms with van der Waals surface area (Å²) in [7, 11) is 4.62. The number of aryl methyl sites for hydroxylation is 2. The van der Waals surface area contributed by atoms with Gasteiger partial charge < -0.3 is 34.8 Å². The molecule has 6 rings (SSSR count). The van der Waals surface area contributed by atoms with Crippen molar-refractivity contribution in [3.63, 3.8) is 0 Å². The van der Waals surface area contributed by atoms with E-state index in [0.29, 0.717) is 46.1 Å². The normalized spacial score (nSPS) is 11.4. The Labute approximate surface area is 319 Å². The summed E-state index contributed by atoms with van der Waals surface area (Å²) >= 11 is 0. The zero-order valence-electron chi connectivity index (χ0n) is 34.3. The molecule has 0 unspecified atom stereocenters. The van der Waals surface area contributed by atoms with Crippen LogP contribution in [0.5, 0.6) is 0 Å². The Kier molecular flexibility index (Phi) is 13.9. The molecule has 0 aliphatic heterocycles. The van der Waals surface area contributed by atoms with E-state index in [2.05, 4.69) is 59.7 Å². The molecule has 1 amide bonds. The molecule has 6 aromatic heterocycles. The number of amides is 1. The summed E-state index contributed by atoms with van der Waals surface area (Å²) in [6.45, 7) is 8.70. The number of carboxylic acids is 1. The topological polar surface area (TPSA) is 234 Å². The molecule has 288 valence electrons. The van der Waals surface area contributed by atoms with E-state index in [1.165, 1.54) is 18.0 Å². The number of hydrogen-bond donors (Lipinski definition) is 3. The van der Waals surface area contributed by atoms with E-state index >= 15 is 0 Å². The first-order valence-electron chi connectivity index (χ1n) is 17.7. The van der Waals surface area contributed by atoms with Crippen LogP contribution in [0.4, 0.5) is 11.6 Å². The molecule has 54 heavy (non-hydrogen) atoms. The molecule has 0 aromatic carbocycles. The number of carbonyl (C=O) groups is 2. The highest BCUT2D eigenvalue weighted by Gasteiger charge is 2.18. The van der Waals surface area contributed by atoms with Crippen LogP contribution in [0.3, 0.4) is 0 Å². The summed E-state index contributed by atoms with van der Waals surface area (Å²) in [6, 6.07) is 11.4. The second-order valence-electron chi connectivity index (χ2n) is 12.1. The van der Waals surface area contributed by atoms with Crippen LogP contribution >= 0.6 is 9.73 Å². The first-order chi connectivity index (χ1) is 27.1. The lowest BCUT2D eigenvalue weighted by atomic mass is 10.2. The molecule has 0 aliphatic rings. The molecule has 6 aromatic rings. The van der Waals surface area contributed by atoms with Crippen LogP contribution in [0, 0.1) is 0 Å². The number of nitrogen functional groups attached to an aromatic ring is 1. The molecule has 19 nitrogen and oxygen atoms in total. The van der Waals surface area contributed by atoms with Crippen molar-refractivity contribution >= 4 is 33.2 Å². The molecule has 0 spiro atoms. The Hall–Kier alpha value is -5.91. The lowest BCUT2D eigenvalue weighted by Gasteiger charge is -2.10. The molecule has 0 atom stereocenters. The largest absolute Gasteiger partial charge is 0.478 e. The highest BCUT2D eigenvalue weighted by atomic mass is 31.0. The van der Waals surface area contributed by atoms with Gasteiger partial charge in [0.15, 0.2) is 11.6 Å².